The van der Waals surface area contributed by atoms with E-state index in [-0.39, 0.29) is 28.5 Å². The van der Waals surface area contributed by atoms with Crippen LogP contribution in [0.1, 0.15) is 22.6 Å². The van der Waals surface area contributed by atoms with Gasteiger partial charge in [-0.3, -0.25) is 27.9 Å². The number of nitrogens with zero attached hydrogens (tertiary/aromatic N) is 4. The molecule has 11 nitrogen and oxygen atoms in total. The normalized spacial score (nSPS) is 11.2. The molecule has 0 aliphatic carbocycles. The Morgan fingerprint density at radius 1 is 0.700 bits per heavy atom. The molecule has 2 aromatic heterocycles. The highest BCUT2D eigenvalue weighted by atomic mass is 16.3. The van der Waals surface area contributed by atoms with E-state index < -0.39 is 28.4 Å². The van der Waals surface area contributed by atoms with E-state index in [4.69, 9.17) is 11.5 Å². The van der Waals surface area contributed by atoms with Crippen LogP contribution < -0.4 is 34.0 Å². The van der Waals surface area contributed by atoms with Gasteiger partial charge in [-0.25, -0.2) is 9.59 Å². The fourth-order valence-corrected chi connectivity index (χ4v) is 3.46. The van der Waals surface area contributed by atoms with Crippen LogP contribution in [0, 0.1) is 0 Å². The molecule has 0 amide bonds. The van der Waals surface area contributed by atoms with Crippen molar-refractivity contribution in [1.82, 2.24) is 18.3 Å². The first kappa shape index (κ1) is 20.7. The average molecular weight is 414 g/mol. The Hall–Kier alpha value is -4.02. The van der Waals surface area contributed by atoms with E-state index in [9.17, 15) is 24.3 Å². The van der Waals surface area contributed by atoms with Crippen molar-refractivity contribution in [3.8, 4) is 5.75 Å². The number of aromatic nitrogens is 4. The van der Waals surface area contributed by atoms with Crippen LogP contribution in [0.4, 0.5) is 11.6 Å². The molecule has 0 unspecified atom stereocenters. The zero-order chi connectivity index (χ0) is 22.5. The SMILES string of the molecule is Cn1c(N)c(C(c2ccc(O)cc2)c2c(N)n(C)c(=O)n(C)c2=O)c(=O)n(C)c1=O. The Labute approximate surface area is 169 Å². The minimum absolute atomic E-state index is 0.0276. The average Bonchev–Trinajstić information content (AvgIpc) is 2.73. The number of benzene rings is 1. The lowest BCUT2D eigenvalue weighted by Crippen LogP contribution is -2.44. The number of anilines is 2. The van der Waals surface area contributed by atoms with Gasteiger partial charge in [-0.15, -0.1) is 0 Å². The zero-order valence-corrected chi connectivity index (χ0v) is 16.9. The van der Waals surface area contributed by atoms with Gasteiger partial charge in [0.1, 0.15) is 17.4 Å². The highest BCUT2D eigenvalue weighted by Crippen LogP contribution is 2.33. The van der Waals surface area contributed by atoms with Gasteiger partial charge in [-0.2, -0.15) is 0 Å². The monoisotopic (exact) mass is 414 g/mol. The lowest BCUT2D eigenvalue weighted by atomic mass is 9.86. The maximum absolute atomic E-state index is 13.1. The molecule has 3 rings (SSSR count). The third-order valence-electron chi connectivity index (χ3n) is 5.30. The smallest absolute Gasteiger partial charge is 0.332 e. The van der Waals surface area contributed by atoms with Crippen molar-refractivity contribution < 1.29 is 5.11 Å². The van der Waals surface area contributed by atoms with Gasteiger partial charge in [0.15, 0.2) is 0 Å². The minimum atomic E-state index is -1.10. The second-order valence-corrected chi connectivity index (χ2v) is 7.03. The number of phenolic OH excluding ortho intramolecular Hbond substituents is 1. The molecule has 0 radical (unpaired) electrons. The number of nitrogen functional groups attached to an aromatic ring is 2. The second kappa shape index (κ2) is 7.10. The van der Waals surface area contributed by atoms with E-state index in [0.717, 1.165) is 18.3 Å². The number of nitrogens with two attached hydrogens (primary N) is 2. The number of rotatable bonds is 3. The number of hydrogen-bond donors (Lipinski definition) is 3. The number of hydrogen-bond acceptors (Lipinski definition) is 7. The van der Waals surface area contributed by atoms with Gasteiger partial charge >= 0.3 is 11.4 Å². The van der Waals surface area contributed by atoms with E-state index in [0.29, 0.717) is 5.56 Å². The summed E-state index contributed by atoms with van der Waals surface area (Å²) in [5, 5.41) is 9.68. The minimum Gasteiger partial charge on any atom is -0.508 e. The van der Waals surface area contributed by atoms with Crippen LogP contribution in [0.5, 0.6) is 5.75 Å². The molecule has 2 heterocycles. The molecule has 0 spiro atoms. The maximum Gasteiger partial charge on any atom is 0.332 e. The molecule has 30 heavy (non-hydrogen) atoms. The molecule has 11 heteroatoms. The summed E-state index contributed by atoms with van der Waals surface area (Å²) in [6, 6.07) is 5.78. The van der Waals surface area contributed by atoms with Crippen molar-refractivity contribution in [3.05, 3.63) is 82.6 Å². The van der Waals surface area contributed by atoms with E-state index in [1.165, 1.54) is 52.5 Å². The fraction of sp³-hybridized carbons (Fsp3) is 0.263. The molecule has 5 N–H and O–H groups in total. The number of phenols is 1. The van der Waals surface area contributed by atoms with Gasteiger partial charge < -0.3 is 16.6 Å². The summed E-state index contributed by atoms with van der Waals surface area (Å²) in [6.07, 6.45) is 0. The van der Waals surface area contributed by atoms with Gasteiger partial charge in [-0.05, 0) is 17.7 Å². The van der Waals surface area contributed by atoms with Gasteiger partial charge in [0.05, 0.1) is 17.0 Å². The summed E-state index contributed by atoms with van der Waals surface area (Å²) >= 11 is 0. The zero-order valence-electron chi connectivity index (χ0n) is 16.9. The Morgan fingerprint density at radius 3 is 1.43 bits per heavy atom. The molecule has 3 aromatic rings. The standard InChI is InChI=1S/C19H22N6O5/c1-22-14(20)12(16(27)24(3)18(22)29)11(9-5-7-10(26)8-6-9)13-15(21)23(2)19(30)25(4)17(13)28/h5-8,11,26H,20-21H2,1-4H3. The fourth-order valence-electron chi connectivity index (χ4n) is 3.46. The third kappa shape index (κ3) is 2.91. The van der Waals surface area contributed by atoms with Crippen LogP contribution in [0.3, 0.4) is 0 Å². The first-order chi connectivity index (χ1) is 14.0. The Morgan fingerprint density at radius 2 is 1.07 bits per heavy atom. The highest BCUT2D eigenvalue weighted by Gasteiger charge is 2.31. The molecule has 0 fully saturated rings. The molecule has 0 bridgehead atoms. The first-order valence-corrected chi connectivity index (χ1v) is 8.88. The largest absolute Gasteiger partial charge is 0.508 e. The Kier molecular flexibility index (Phi) is 4.90. The summed E-state index contributed by atoms with van der Waals surface area (Å²) in [4.78, 5) is 50.7. The molecular weight excluding hydrogens is 392 g/mol. The first-order valence-electron chi connectivity index (χ1n) is 8.88. The van der Waals surface area contributed by atoms with Crippen molar-refractivity contribution in [2.75, 3.05) is 11.5 Å². The molecule has 0 aliphatic heterocycles. The molecule has 0 saturated heterocycles. The lowest BCUT2D eigenvalue weighted by molar-refractivity contribution is 0.475. The van der Waals surface area contributed by atoms with Crippen LogP contribution in [0.2, 0.25) is 0 Å². The van der Waals surface area contributed by atoms with Gasteiger partial charge in [0.25, 0.3) is 11.1 Å². The van der Waals surface area contributed by atoms with Gasteiger partial charge in [0, 0.05) is 28.2 Å². The molecular formula is C19H22N6O5. The third-order valence-corrected chi connectivity index (χ3v) is 5.30. The quantitative estimate of drug-likeness (QED) is 0.471. The van der Waals surface area contributed by atoms with Crippen LogP contribution in [-0.2, 0) is 28.2 Å². The molecule has 0 aliphatic rings. The lowest BCUT2D eigenvalue weighted by Gasteiger charge is -2.23. The van der Waals surface area contributed by atoms with Crippen molar-refractivity contribution >= 4 is 11.6 Å². The van der Waals surface area contributed by atoms with E-state index in [1.807, 2.05) is 0 Å². The summed E-state index contributed by atoms with van der Waals surface area (Å²) in [7, 11) is 5.39. The predicted molar refractivity (Wildman–Crippen MR) is 112 cm³/mol. The maximum atomic E-state index is 13.1. The van der Waals surface area contributed by atoms with Crippen LogP contribution in [-0.4, -0.2) is 23.4 Å². The molecule has 0 saturated carbocycles. The van der Waals surface area contributed by atoms with Crippen molar-refractivity contribution in [2.45, 2.75) is 5.92 Å². The number of aromatic hydroxyl groups is 1. The van der Waals surface area contributed by atoms with Crippen LogP contribution in [0.25, 0.3) is 0 Å². The molecule has 158 valence electrons. The highest BCUT2D eigenvalue weighted by molar-refractivity contribution is 5.57. The Bertz CT molecular complexity index is 1310. The molecule has 0 atom stereocenters. The summed E-state index contributed by atoms with van der Waals surface area (Å²) in [5.41, 5.74) is 9.94. The summed E-state index contributed by atoms with van der Waals surface area (Å²) in [6.45, 7) is 0. The van der Waals surface area contributed by atoms with Crippen molar-refractivity contribution in [1.29, 1.82) is 0 Å². The van der Waals surface area contributed by atoms with Gasteiger partial charge in [-0.1, -0.05) is 12.1 Å². The van der Waals surface area contributed by atoms with Crippen LogP contribution in [0.15, 0.2) is 43.4 Å². The van der Waals surface area contributed by atoms with E-state index in [2.05, 4.69) is 0 Å². The summed E-state index contributed by atoms with van der Waals surface area (Å²) < 4.78 is 3.93. The van der Waals surface area contributed by atoms with Crippen LogP contribution >= 0.6 is 0 Å². The predicted octanol–water partition coefficient (Wildman–Crippen LogP) is -1.47. The summed E-state index contributed by atoms with van der Waals surface area (Å²) in [5.74, 6) is -1.41. The van der Waals surface area contributed by atoms with E-state index >= 15 is 0 Å². The van der Waals surface area contributed by atoms with Crippen molar-refractivity contribution in [2.24, 2.45) is 28.2 Å². The van der Waals surface area contributed by atoms with Crippen molar-refractivity contribution in [3.63, 3.8) is 0 Å². The second-order valence-electron chi connectivity index (χ2n) is 7.03. The van der Waals surface area contributed by atoms with E-state index in [1.54, 1.807) is 0 Å². The Balaban J connectivity index is 2.57. The topological polar surface area (TPSA) is 160 Å². The molecule has 1 aromatic carbocycles. The van der Waals surface area contributed by atoms with Gasteiger partial charge in [0.2, 0.25) is 0 Å².